The molecule has 1 aliphatic rings. The molecule has 0 spiro atoms. The van der Waals surface area contributed by atoms with Gasteiger partial charge in [0, 0.05) is 42.0 Å². The SMILES string of the molecule is O=S(=O)(c1cn[nH]c1)N1CCC(c2cncc(-c3cccc(Cl)c3)n2)CC1. The first-order chi connectivity index (χ1) is 13.0. The third-order valence-corrected chi connectivity index (χ3v) is 6.86. The first-order valence-corrected chi connectivity index (χ1v) is 10.4. The highest BCUT2D eigenvalue weighted by atomic mass is 35.5. The largest absolute Gasteiger partial charge is 0.284 e. The number of hydrogen-bond donors (Lipinski definition) is 1. The number of H-pyrrole nitrogens is 1. The van der Waals surface area contributed by atoms with Crippen molar-refractivity contribution in [2.24, 2.45) is 0 Å². The van der Waals surface area contributed by atoms with Gasteiger partial charge in [-0.1, -0.05) is 23.7 Å². The zero-order valence-electron chi connectivity index (χ0n) is 14.4. The van der Waals surface area contributed by atoms with Gasteiger partial charge in [-0.3, -0.25) is 10.1 Å². The van der Waals surface area contributed by atoms with Crippen molar-refractivity contribution in [3.05, 3.63) is 59.8 Å². The Morgan fingerprint density at radius 1 is 1.15 bits per heavy atom. The molecule has 0 radical (unpaired) electrons. The Labute approximate surface area is 162 Å². The highest BCUT2D eigenvalue weighted by Gasteiger charge is 2.31. The molecule has 0 unspecified atom stereocenters. The van der Waals surface area contributed by atoms with Crippen LogP contribution in [-0.4, -0.2) is 46.0 Å². The van der Waals surface area contributed by atoms with Crippen LogP contribution in [0.4, 0.5) is 0 Å². The van der Waals surface area contributed by atoms with Crippen LogP contribution in [0.2, 0.25) is 5.02 Å². The van der Waals surface area contributed by atoms with E-state index in [2.05, 4.69) is 15.2 Å². The molecular weight excluding hydrogens is 386 g/mol. The molecule has 1 N–H and O–H groups in total. The molecule has 7 nitrogen and oxygen atoms in total. The van der Waals surface area contributed by atoms with E-state index in [-0.39, 0.29) is 10.8 Å². The molecule has 140 valence electrons. The van der Waals surface area contributed by atoms with E-state index in [1.165, 1.54) is 16.7 Å². The number of piperidine rings is 1. The lowest BCUT2D eigenvalue weighted by Crippen LogP contribution is -2.37. The predicted molar refractivity (Wildman–Crippen MR) is 102 cm³/mol. The minimum Gasteiger partial charge on any atom is -0.284 e. The molecule has 3 aromatic rings. The topological polar surface area (TPSA) is 91.8 Å². The smallest absolute Gasteiger partial charge is 0.246 e. The van der Waals surface area contributed by atoms with Crippen molar-refractivity contribution in [2.45, 2.75) is 23.7 Å². The second-order valence-corrected chi connectivity index (χ2v) is 8.83. The zero-order valence-corrected chi connectivity index (χ0v) is 16.0. The number of nitrogens with zero attached hydrogens (tertiary/aromatic N) is 4. The van der Waals surface area contributed by atoms with Crippen LogP contribution in [0.1, 0.15) is 24.5 Å². The standard InChI is InChI=1S/C18H18ClN5O2S/c19-15-3-1-2-14(8-15)18-12-20-11-17(23-18)13-4-6-24(7-5-13)27(25,26)16-9-21-22-10-16/h1-3,8-13H,4-7H2,(H,21,22). The van der Waals surface area contributed by atoms with E-state index in [0.29, 0.717) is 31.0 Å². The van der Waals surface area contributed by atoms with Crippen molar-refractivity contribution in [1.82, 2.24) is 24.5 Å². The van der Waals surface area contributed by atoms with Crippen LogP contribution in [0.3, 0.4) is 0 Å². The summed E-state index contributed by atoms with van der Waals surface area (Å²) < 4.78 is 26.7. The van der Waals surface area contributed by atoms with E-state index < -0.39 is 10.0 Å². The zero-order chi connectivity index (χ0) is 18.9. The van der Waals surface area contributed by atoms with Crippen molar-refractivity contribution in [2.75, 3.05) is 13.1 Å². The summed E-state index contributed by atoms with van der Waals surface area (Å²) >= 11 is 6.07. The Balaban J connectivity index is 1.50. The molecular formula is C18H18ClN5O2S. The summed E-state index contributed by atoms with van der Waals surface area (Å²) in [5.41, 5.74) is 2.56. The number of benzene rings is 1. The first-order valence-electron chi connectivity index (χ1n) is 8.61. The minimum atomic E-state index is -3.49. The van der Waals surface area contributed by atoms with Crippen molar-refractivity contribution in [3.63, 3.8) is 0 Å². The quantitative estimate of drug-likeness (QED) is 0.722. The van der Waals surface area contributed by atoms with Crippen LogP contribution in [0.15, 0.2) is 53.9 Å². The van der Waals surface area contributed by atoms with Gasteiger partial charge in [-0.05, 0) is 25.0 Å². The number of sulfonamides is 1. The van der Waals surface area contributed by atoms with E-state index >= 15 is 0 Å². The Bertz CT molecular complexity index is 1030. The lowest BCUT2D eigenvalue weighted by molar-refractivity contribution is 0.316. The Morgan fingerprint density at radius 2 is 1.96 bits per heavy atom. The van der Waals surface area contributed by atoms with Gasteiger partial charge in [-0.15, -0.1) is 0 Å². The maximum Gasteiger partial charge on any atom is 0.246 e. The van der Waals surface area contributed by atoms with Gasteiger partial charge in [0.1, 0.15) is 4.90 Å². The third-order valence-electron chi connectivity index (χ3n) is 4.76. The summed E-state index contributed by atoms with van der Waals surface area (Å²) in [6.07, 6.45) is 7.62. The maximum atomic E-state index is 12.6. The van der Waals surface area contributed by atoms with E-state index in [1.807, 2.05) is 24.3 Å². The molecule has 4 rings (SSSR count). The Hall–Kier alpha value is -2.29. The molecule has 2 aromatic heterocycles. The normalized spacial score (nSPS) is 16.5. The van der Waals surface area contributed by atoms with Gasteiger partial charge in [-0.25, -0.2) is 13.4 Å². The molecule has 0 aliphatic carbocycles. The molecule has 0 saturated carbocycles. The minimum absolute atomic E-state index is 0.174. The highest BCUT2D eigenvalue weighted by Crippen LogP contribution is 2.30. The lowest BCUT2D eigenvalue weighted by Gasteiger charge is -2.30. The molecule has 0 amide bonds. The van der Waals surface area contributed by atoms with E-state index in [0.717, 1.165) is 17.0 Å². The highest BCUT2D eigenvalue weighted by molar-refractivity contribution is 7.89. The van der Waals surface area contributed by atoms with Crippen LogP contribution in [-0.2, 0) is 10.0 Å². The van der Waals surface area contributed by atoms with Crippen molar-refractivity contribution < 1.29 is 8.42 Å². The Kier molecular flexibility index (Phi) is 4.94. The van der Waals surface area contributed by atoms with Crippen molar-refractivity contribution in [3.8, 4) is 11.3 Å². The van der Waals surface area contributed by atoms with Gasteiger partial charge < -0.3 is 0 Å². The number of aromatic nitrogens is 4. The molecule has 3 heterocycles. The van der Waals surface area contributed by atoms with Crippen molar-refractivity contribution >= 4 is 21.6 Å². The van der Waals surface area contributed by atoms with Gasteiger partial charge in [0.25, 0.3) is 0 Å². The fourth-order valence-electron chi connectivity index (χ4n) is 3.29. The van der Waals surface area contributed by atoms with Crippen LogP contribution >= 0.6 is 11.6 Å². The summed E-state index contributed by atoms with van der Waals surface area (Å²) in [6.45, 7) is 0.891. The number of nitrogens with one attached hydrogen (secondary N) is 1. The second-order valence-electron chi connectivity index (χ2n) is 6.45. The van der Waals surface area contributed by atoms with Gasteiger partial charge >= 0.3 is 0 Å². The van der Waals surface area contributed by atoms with Crippen LogP contribution < -0.4 is 0 Å². The van der Waals surface area contributed by atoms with Crippen LogP contribution in [0, 0.1) is 0 Å². The van der Waals surface area contributed by atoms with E-state index in [1.54, 1.807) is 12.4 Å². The van der Waals surface area contributed by atoms with Gasteiger partial charge in [0.2, 0.25) is 10.0 Å². The van der Waals surface area contributed by atoms with Gasteiger partial charge in [0.05, 0.1) is 23.8 Å². The van der Waals surface area contributed by atoms with Crippen LogP contribution in [0.5, 0.6) is 0 Å². The summed E-state index contributed by atoms with van der Waals surface area (Å²) in [7, 11) is -3.49. The molecule has 9 heteroatoms. The van der Waals surface area contributed by atoms with E-state index in [4.69, 9.17) is 16.6 Å². The number of aromatic amines is 1. The van der Waals surface area contributed by atoms with Crippen molar-refractivity contribution in [1.29, 1.82) is 0 Å². The maximum absolute atomic E-state index is 12.6. The number of rotatable bonds is 4. The molecule has 1 aromatic carbocycles. The fourth-order valence-corrected chi connectivity index (χ4v) is 4.85. The molecule has 0 atom stereocenters. The average molecular weight is 404 g/mol. The number of halogens is 1. The molecule has 1 saturated heterocycles. The molecule has 27 heavy (non-hydrogen) atoms. The fraction of sp³-hybridized carbons (Fsp3) is 0.278. The molecule has 1 fully saturated rings. The number of hydrogen-bond acceptors (Lipinski definition) is 5. The molecule has 1 aliphatic heterocycles. The monoisotopic (exact) mass is 403 g/mol. The lowest BCUT2D eigenvalue weighted by atomic mass is 9.95. The molecule has 0 bridgehead atoms. The van der Waals surface area contributed by atoms with Gasteiger partial charge in [-0.2, -0.15) is 9.40 Å². The summed E-state index contributed by atoms with van der Waals surface area (Å²) in [6, 6.07) is 7.50. The summed E-state index contributed by atoms with van der Waals surface area (Å²) in [5.74, 6) is 0.174. The van der Waals surface area contributed by atoms with Crippen LogP contribution in [0.25, 0.3) is 11.3 Å². The predicted octanol–water partition coefficient (Wildman–Crippen LogP) is 3.09. The summed E-state index contributed by atoms with van der Waals surface area (Å²) in [5, 5.41) is 6.93. The second kappa shape index (κ2) is 7.38. The Morgan fingerprint density at radius 3 is 2.67 bits per heavy atom. The summed E-state index contributed by atoms with van der Waals surface area (Å²) in [4.78, 5) is 9.26. The average Bonchev–Trinajstić information content (AvgIpc) is 3.24. The van der Waals surface area contributed by atoms with Gasteiger partial charge in [0.15, 0.2) is 0 Å². The third kappa shape index (κ3) is 3.73. The first kappa shape index (κ1) is 18.1. The van der Waals surface area contributed by atoms with E-state index in [9.17, 15) is 8.42 Å².